The fraction of sp³-hybridized carbons (Fsp3) is 0.419. The number of nitrogens with one attached hydrogen (secondary N) is 1. The van der Waals surface area contributed by atoms with Gasteiger partial charge in [-0.2, -0.15) is 11.8 Å². The van der Waals surface area contributed by atoms with Crippen molar-refractivity contribution in [1.82, 2.24) is 5.32 Å². The van der Waals surface area contributed by atoms with Crippen LogP contribution in [0.1, 0.15) is 49.7 Å². The summed E-state index contributed by atoms with van der Waals surface area (Å²) in [5.41, 5.74) is 4.07. The second-order valence-electron chi connectivity index (χ2n) is 9.55. The summed E-state index contributed by atoms with van der Waals surface area (Å²) in [7, 11) is 6.26. The van der Waals surface area contributed by atoms with Crippen molar-refractivity contribution in [3.05, 3.63) is 70.1 Å². The summed E-state index contributed by atoms with van der Waals surface area (Å²) in [5.74, 6) is 2.49. The normalized spacial score (nSPS) is 18.6. The zero-order chi connectivity index (χ0) is 28.8. The highest BCUT2D eigenvalue weighted by Gasteiger charge is 2.42. The molecule has 1 aliphatic heterocycles. The fourth-order valence-electron chi connectivity index (χ4n) is 5.55. The first kappa shape index (κ1) is 29.4. The van der Waals surface area contributed by atoms with E-state index in [9.17, 15) is 9.59 Å². The number of para-hydroxylation sites is 1. The molecule has 0 aromatic heterocycles. The number of ketones is 1. The van der Waals surface area contributed by atoms with Gasteiger partial charge >= 0.3 is 5.97 Å². The highest BCUT2D eigenvalue weighted by atomic mass is 32.2. The molecule has 1 heterocycles. The Morgan fingerprint density at radius 3 is 2.27 bits per heavy atom. The number of benzene rings is 2. The lowest BCUT2D eigenvalue weighted by atomic mass is 9.71. The summed E-state index contributed by atoms with van der Waals surface area (Å²) in [6.07, 6.45) is 0.880. The van der Waals surface area contributed by atoms with Crippen molar-refractivity contribution in [3.63, 3.8) is 0 Å². The molecule has 0 amide bonds. The molecular formula is C31H37NO7S. The van der Waals surface area contributed by atoms with Crippen LogP contribution in [0.15, 0.2) is 58.9 Å². The fourth-order valence-corrected chi connectivity index (χ4v) is 6.04. The lowest BCUT2D eigenvalue weighted by Crippen LogP contribution is -2.36. The van der Waals surface area contributed by atoms with E-state index >= 15 is 0 Å². The number of carbonyl (C=O) groups excluding carboxylic acids is 2. The largest absolute Gasteiger partial charge is 0.496 e. The third kappa shape index (κ3) is 5.80. The van der Waals surface area contributed by atoms with Gasteiger partial charge in [0.2, 0.25) is 5.75 Å². The van der Waals surface area contributed by atoms with E-state index in [1.54, 1.807) is 45.2 Å². The number of ether oxygens (including phenoxy) is 5. The summed E-state index contributed by atoms with van der Waals surface area (Å²) in [5, 5.41) is 3.40. The van der Waals surface area contributed by atoms with Crippen LogP contribution in [0.2, 0.25) is 0 Å². The van der Waals surface area contributed by atoms with Gasteiger partial charge in [0.05, 0.1) is 34.0 Å². The molecule has 2 aliphatic rings. The van der Waals surface area contributed by atoms with E-state index in [4.69, 9.17) is 23.7 Å². The third-order valence-electron chi connectivity index (χ3n) is 7.31. The van der Waals surface area contributed by atoms with Crippen LogP contribution < -0.4 is 24.3 Å². The third-order valence-corrected chi connectivity index (χ3v) is 8.18. The van der Waals surface area contributed by atoms with Gasteiger partial charge in [-0.3, -0.25) is 4.79 Å². The monoisotopic (exact) mass is 567 g/mol. The van der Waals surface area contributed by atoms with Crippen LogP contribution in [0.4, 0.5) is 0 Å². The second kappa shape index (κ2) is 13.2. The number of methoxy groups -OCH3 is 4. The molecular weight excluding hydrogens is 530 g/mol. The van der Waals surface area contributed by atoms with Crippen LogP contribution in [0.3, 0.4) is 0 Å². The zero-order valence-corrected chi connectivity index (χ0v) is 24.7. The average molecular weight is 568 g/mol. The van der Waals surface area contributed by atoms with Crippen molar-refractivity contribution >= 4 is 23.5 Å². The van der Waals surface area contributed by atoms with Gasteiger partial charge in [0.25, 0.3) is 0 Å². The lowest BCUT2D eigenvalue weighted by Gasteiger charge is -2.37. The van der Waals surface area contributed by atoms with Crippen molar-refractivity contribution in [2.45, 2.75) is 38.5 Å². The molecule has 0 saturated carbocycles. The van der Waals surface area contributed by atoms with Crippen molar-refractivity contribution in [3.8, 4) is 23.0 Å². The second-order valence-corrected chi connectivity index (χ2v) is 10.9. The predicted molar refractivity (Wildman–Crippen MR) is 156 cm³/mol. The van der Waals surface area contributed by atoms with Gasteiger partial charge in [-0.15, -0.1) is 0 Å². The molecule has 2 atom stereocenters. The van der Waals surface area contributed by atoms with Gasteiger partial charge in [-0.1, -0.05) is 25.1 Å². The van der Waals surface area contributed by atoms with Gasteiger partial charge in [0, 0.05) is 41.0 Å². The smallest absolute Gasteiger partial charge is 0.336 e. The molecule has 0 unspecified atom stereocenters. The summed E-state index contributed by atoms with van der Waals surface area (Å²) in [4.78, 5) is 27.6. The zero-order valence-electron chi connectivity index (χ0n) is 23.9. The average Bonchev–Trinajstić information content (AvgIpc) is 2.97. The number of dihydropyridines is 1. The Labute approximate surface area is 240 Å². The highest BCUT2D eigenvalue weighted by molar-refractivity contribution is 7.99. The molecule has 2 aromatic rings. The maximum atomic E-state index is 14.0. The van der Waals surface area contributed by atoms with Crippen molar-refractivity contribution in [1.29, 1.82) is 0 Å². The summed E-state index contributed by atoms with van der Waals surface area (Å²) in [6.45, 7) is 4.20. The molecule has 9 heteroatoms. The molecule has 0 bridgehead atoms. The minimum absolute atomic E-state index is 0.0391. The Bertz CT molecular complexity index is 1310. The van der Waals surface area contributed by atoms with E-state index < -0.39 is 11.9 Å². The molecule has 8 nitrogen and oxygen atoms in total. The maximum absolute atomic E-state index is 14.0. The van der Waals surface area contributed by atoms with Crippen LogP contribution in [-0.2, 0) is 14.3 Å². The first-order valence-corrected chi connectivity index (χ1v) is 14.5. The lowest BCUT2D eigenvalue weighted by molar-refractivity contribution is -0.138. The van der Waals surface area contributed by atoms with Crippen LogP contribution >= 0.6 is 11.8 Å². The standard InChI is InChI=1S/C31H37NO7S/c1-7-40-13-12-39-31(34)27-18(2)32-22-14-19(21-10-8-9-11-24(21)35-3)15-23(33)29(22)28(27)20-16-25(36-4)30(38-6)26(17-20)37-5/h8-11,16-17,19,28,32H,7,12-15H2,1-6H3/t19-,28-/m1/s1. The number of allylic oxidation sites excluding steroid dienone is 3. The number of hydrogen-bond acceptors (Lipinski definition) is 9. The molecule has 4 rings (SSSR count). The Morgan fingerprint density at radius 2 is 1.65 bits per heavy atom. The summed E-state index contributed by atoms with van der Waals surface area (Å²) >= 11 is 1.70. The number of thioether (sulfide) groups is 1. The molecule has 1 N–H and O–H groups in total. The van der Waals surface area contributed by atoms with Crippen LogP contribution in [-0.4, -0.2) is 58.3 Å². The van der Waals surface area contributed by atoms with Crippen molar-refractivity contribution < 1.29 is 33.3 Å². The van der Waals surface area contributed by atoms with E-state index in [-0.39, 0.29) is 24.7 Å². The molecule has 0 fully saturated rings. The Morgan fingerprint density at radius 1 is 0.975 bits per heavy atom. The number of carbonyl (C=O) groups is 2. The molecule has 40 heavy (non-hydrogen) atoms. The molecule has 0 saturated heterocycles. The number of Topliss-reactive ketones (excluding diaryl/α,β-unsaturated/α-hetero) is 1. The summed E-state index contributed by atoms with van der Waals surface area (Å²) in [6, 6.07) is 11.4. The van der Waals surface area contributed by atoms with Crippen molar-refractivity contribution in [2.75, 3.05) is 46.6 Å². The van der Waals surface area contributed by atoms with E-state index in [0.29, 0.717) is 51.8 Å². The Kier molecular flexibility index (Phi) is 9.68. The van der Waals surface area contributed by atoms with Gasteiger partial charge in [0.15, 0.2) is 17.3 Å². The highest BCUT2D eigenvalue weighted by Crippen LogP contribution is 2.49. The molecule has 214 valence electrons. The Balaban J connectivity index is 1.83. The minimum Gasteiger partial charge on any atom is -0.496 e. The van der Waals surface area contributed by atoms with Gasteiger partial charge in [0.1, 0.15) is 12.4 Å². The van der Waals surface area contributed by atoms with Gasteiger partial charge in [-0.05, 0) is 48.4 Å². The molecule has 1 aliphatic carbocycles. The van der Waals surface area contributed by atoms with Crippen molar-refractivity contribution in [2.24, 2.45) is 0 Å². The number of rotatable bonds is 11. The van der Waals surface area contributed by atoms with Gasteiger partial charge in [-0.25, -0.2) is 4.79 Å². The summed E-state index contributed by atoms with van der Waals surface area (Å²) < 4.78 is 28.1. The molecule has 0 radical (unpaired) electrons. The topological polar surface area (TPSA) is 92.3 Å². The van der Waals surface area contributed by atoms with E-state index in [2.05, 4.69) is 12.2 Å². The maximum Gasteiger partial charge on any atom is 0.336 e. The van der Waals surface area contributed by atoms with E-state index in [1.807, 2.05) is 31.2 Å². The quantitative estimate of drug-likeness (QED) is 0.284. The van der Waals surface area contributed by atoms with Gasteiger partial charge < -0.3 is 29.0 Å². The van der Waals surface area contributed by atoms with E-state index in [0.717, 1.165) is 22.8 Å². The van der Waals surface area contributed by atoms with E-state index in [1.165, 1.54) is 7.11 Å². The molecule has 0 spiro atoms. The number of hydrogen-bond donors (Lipinski definition) is 1. The first-order valence-electron chi connectivity index (χ1n) is 13.3. The van der Waals surface area contributed by atoms with Crippen LogP contribution in [0, 0.1) is 0 Å². The predicted octanol–water partition coefficient (Wildman–Crippen LogP) is 5.38. The minimum atomic E-state index is -0.664. The Hall–Kier alpha value is -3.59. The first-order chi connectivity index (χ1) is 19.4. The SMILES string of the molecule is CCSCCOC(=O)C1=C(C)NC2=C(C(=O)C[C@H](c3ccccc3OC)C2)[C@@H]1c1cc(OC)c(OC)c(OC)c1. The number of esters is 1. The van der Waals surface area contributed by atoms with Crippen LogP contribution in [0.5, 0.6) is 23.0 Å². The molecule has 2 aromatic carbocycles. The van der Waals surface area contributed by atoms with Crippen LogP contribution in [0.25, 0.3) is 0 Å².